The first-order valence-electron chi connectivity index (χ1n) is 6.33. The van der Waals surface area contributed by atoms with E-state index in [1.807, 2.05) is 6.92 Å². The molecule has 104 valence electrons. The zero-order chi connectivity index (χ0) is 13.5. The van der Waals surface area contributed by atoms with Crippen LogP contribution in [0.2, 0.25) is 0 Å². The topological polar surface area (TPSA) is 75.7 Å². The first kappa shape index (κ1) is 14.1. The van der Waals surface area contributed by atoms with Crippen molar-refractivity contribution in [2.45, 2.75) is 19.8 Å². The van der Waals surface area contributed by atoms with Gasteiger partial charge in [0.05, 0.1) is 18.4 Å². The molecule has 0 amide bonds. The number of aryl methyl sites for hydroxylation is 2. The number of H-pyrrole nitrogens is 1. The van der Waals surface area contributed by atoms with Gasteiger partial charge in [0.2, 0.25) is 0 Å². The fourth-order valence-electron chi connectivity index (χ4n) is 1.69. The van der Waals surface area contributed by atoms with Gasteiger partial charge < -0.3 is 10.1 Å². The van der Waals surface area contributed by atoms with E-state index in [-0.39, 0.29) is 0 Å². The lowest BCUT2D eigenvalue weighted by Crippen LogP contribution is -2.20. The van der Waals surface area contributed by atoms with E-state index in [0.29, 0.717) is 0 Å². The van der Waals surface area contributed by atoms with E-state index in [4.69, 9.17) is 4.74 Å². The fraction of sp³-hybridized carbons (Fsp3) is 0.583. The number of nitrogens with one attached hydrogen (secondary N) is 2. The zero-order valence-electron chi connectivity index (χ0n) is 11.3. The number of hydrogen-bond donors (Lipinski definition) is 2. The van der Waals surface area contributed by atoms with Crippen molar-refractivity contribution in [2.75, 3.05) is 26.8 Å². The molecule has 0 atom stereocenters. The van der Waals surface area contributed by atoms with Gasteiger partial charge in [0.25, 0.3) is 0 Å². The van der Waals surface area contributed by atoms with Gasteiger partial charge in [-0.25, -0.2) is 0 Å². The average molecular weight is 281 g/mol. The molecule has 0 unspecified atom stereocenters. The van der Waals surface area contributed by atoms with Crippen molar-refractivity contribution in [1.82, 2.24) is 25.7 Å². The molecule has 2 rings (SSSR count). The van der Waals surface area contributed by atoms with E-state index in [2.05, 4.69) is 25.7 Å². The molecule has 0 fully saturated rings. The van der Waals surface area contributed by atoms with Gasteiger partial charge in [-0.15, -0.1) is 10.2 Å². The third-order valence-corrected chi connectivity index (χ3v) is 3.77. The quantitative estimate of drug-likeness (QED) is 0.715. The maximum atomic E-state index is 4.97. The second-order valence-corrected chi connectivity index (χ2v) is 5.32. The molecule has 19 heavy (non-hydrogen) atoms. The van der Waals surface area contributed by atoms with Crippen LogP contribution in [0.3, 0.4) is 0 Å². The zero-order valence-corrected chi connectivity index (χ0v) is 12.1. The molecule has 6 nitrogen and oxygen atoms in total. The molecule has 0 spiro atoms. The molecule has 2 N–H and O–H groups in total. The molecule has 0 aliphatic rings. The van der Waals surface area contributed by atoms with E-state index in [1.54, 1.807) is 24.6 Å². The minimum atomic E-state index is 0.753. The summed E-state index contributed by atoms with van der Waals surface area (Å²) in [5, 5.41) is 20.7. The summed E-state index contributed by atoms with van der Waals surface area (Å²) in [6, 6.07) is 0. The molecule has 7 heteroatoms. The Kier molecular flexibility index (Phi) is 5.44. The average Bonchev–Trinajstić information content (AvgIpc) is 3.02. The van der Waals surface area contributed by atoms with E-state index in [1.165, 1.54) is 0 Å². The van der Waals surface area contributed by atoms with E-state index >= 15 is 0 Å². The molecular formula is C12H19N5OS. The van der Waals surface area contributed by atoms with E-state index in [9.17, 15) is 0 Å². The predicted octanol–water partition coefficient (Wildman–Crippen LogP) is 1.41. The lowest BCUT2D eigenvalue weighted by atomic mass is 10.3. The highest BCUT2D eigenvalue weighted by atomic mass is 32.1. The molecular weight excluding hydrogens is 262 g/mol. The molecule has 0 saturated carbocycles. The molecule has 0 bridgehead atoms. The normalized spacial score (nSPS) is 11.1. The Labute approximate surface area is 116 Å². The second-order valence-electron chi connectivity index (χ2n) is 4.26. The summed E-state index contributed by atoms with van der Waals surface area (Å²) < 4.78 is 4.97. The van der Waals surface area contributed by atoms with Crippen LogP contribution < -0.4 is 5.32 Å². The Morgan fingerprint density at radius 3 is 3.00 bits per heavy atom. The Morgan fingerprint density at radius 2 is 2.26 bits per heavy atom. The summed E-state index contributed by atoms with van der Waals surface area (Å²) in [6.07, 6.45) is 3.81. The van der Waals surface area contributed by atoms with Crippen LogP contribution in [0.25, 0.3) is 10.6 Å². The van der Waals surface area contributed by atoms with Crippen LogP contribution in [-0.4, -0.2) is 47.2 Å². The van der Waals surface area contributed by atoms with Gasteiger partial charge in [-0.1, -0.05) is 11.3 Å². The molecule has 2 aromatic heterocycles. The Bertz CT molecular complexity index is 496. The number of ether oxygens (including phenoxy) is 1. The van der Waals surface area contributed by atoms with Crippen molar-refractivity contribution in [3.8, 4) is 10.6 Å². The number of hydrogen-bond acceptors (Lipinski definition) is 6. The van der Waals surface area contributed by atoms with Crippen LogP contribution >= 0.6 is 11.3 Å². The van der Waals surface area contributed by atoms with Crippen LogP contribution in [0.15, 0.2) is 6.20 Å². The maximum Gasteiger partial charge on any atom is 0.151 e. The molecule has 0 saturated heterocycles. The fourth-order valence-corrected chi connectivity index (χ4v) is 2.64. The highest BCUT2D eigenvalue weighted by molar-refractivity contribution is 7.14. The van der Waals surface area contributed by atoms with Crippen LogP contribution in [0.1, 0.15) is 17.1 Å². The van der Waals surface area contributed by atoms with Gasteiger partial charge in [0.15, 0.2) is 5.01 Å². The summed E-state index contributed by atoms with van der Waals surface area (Å²) in [5.74, 6) is 0. The number of methoxy groups -OCH3 is 1. The molecule has 0 aliphatic carbocycles. The molecule has 0 aromatic carbocycles. The van der Waals surface area contributed by atoms with Crippen molar-refractivity contribution in [3.63, 3.8) is 0 Å². The summed E-state index contributed by atoms with van der Waals surface area (Å²) in [7, 11) is 1.71. The highest BCUT2D eigenvalue weighted by Crippen LogP contribution is 2.25. The number of aromatic amines is 1. The summed E-state index contributed by atoms with van der Waals surface area (Å²) in [4.78, 5) is 0. The van der Waals surface area contributed by atoms with E-state index < -0.39 is 0 Å². The smallest absolute Gasteiger partial charge is 0.151 e. The lowest BCUT2D eigenvalue weighted by Gasteiger charge is -2.01. The lowest BCUT2D eigenvalue weighted by molar-refractivity contribution is 0.199. The number of rotatable bonds is 8. The molecule has 0 aliphatic heterocycles. The molecule has 2 aromatic rings. The minimum absolute atomic E-state index is 0.753. The van der Waals surface area contributed by atoms with Crippen LogP contribution in [0.4, 0.5) is 0 Å². The van der Waals surface area contributed by atoms with Crippen LogP contribution in [-0.2, 0) is 11.2 Å². The van der Waals surface area contributed by atoms with Crippen molar-refractivity contribution in [1.29, 1.82) is 0 Å². The molecule has 2 heterocycles. The minimum Gasteiger partial charge on any atom is -0.383 e. The summed E-state index contributed by atoms with van der Waals surface area (Å²) in [5.41, 5.74) is 2.07. The number of nitrogens with zero attached hydrogens (tertiary/aromatic N) is 3. The van der Waals surface area contributed by atoms with Gasteiger partial charge >= 0.3 is 0 Å². The SMILES string of the molecule is COCCNCCCc1nnc(-c2cn[nH]c2C)s1. The number of aromatic nitrogens is 4. The highest BCUT2D eigenvalue weighted by Gasteiger charge is 2.10. The van der Waals surface area contributed by atoms with Gasteiger partial charge in [0.1, 0.15) is 5.01 Å². The first-order valence-corrected chi connectivity index (χ1v) is 7.15. The first-order chi connectivity index (χ1) is 9.31. The molecule has 0 radical (unpaired) electrons. The predicted molar refractivity (Wildman–Crippen MR) is 75.3 cm³/mol. The Morgan fingerprint density at radius 1 is 1.37 bits per heavy atom. The van der Waals surface area contributed by atoms with Crippen molar-refractivity contribution >= 4 is 11.3 Å². The van der Waals surface area contributed by atoms with Gasteiger partial charge in [-0.3, -0.25) is 5.10 Å². The van der Waals surface area contributed by atoms with E-state index in [0.717, 1.165) is 53.8 Å². The van der Waals surface area contributed by atoms with Gasteiger partial charge in [-0.05, 0) is 19.9 Å². The van der Waals surface area contributed by atoms with Crippen molar-refractivity contribution in [2.24, 2.45) is 0 Å². The Hall–Kier alpha value is -1.31. The monoisotopic (exact) mass is 281 g/mol. The van der Waals surface area contributed by atoms with Gasteiger partial charge in [-0.2, -0.15) is 5.10 Å². The summed E-state index contributed by atoms with van der Waals surface area (Å²) >= 11 is 1.64. The van der Waals surface area contributed by atoms with Gasteiger partial charge in [0, 0.05) is 25.8 Å². The van der Waals surface area contributed by atoms with Crippen molar-refractivity contribution < 1.29 is 4.74 Å². The third kappa shape index (κ3) is 4.09. The third-order valence-electron chi connectivity index (χ3n) is 2.75. The Balaban J connectivity index is 1.77. The van der Waals surface area contributed by atoms with Crippen molar-refractivity contribution in [3.05, 3.63) is 16.9 Å². The largest absolute Gasteiger partial charge is 0.383 e. The second kappa shape index (κ2) is 7.32. The standard InChI is InChI=1S/C12H19N5OS/c1-9-10(8-14-15-9)12-17-16-11(19-12)4-3-5-13-6-7-18-2/h8,13H,3-7H2,1-2H3,(H,14,15). The summed E-state index contributed by atoms with van der Waals surface area (Å²) in [6.45, 7) is 4.61. The maximum absolute atomic E-state index is 4.97. The van der Waals surface area contributed by atoms with Crippen LogP contribution in [0.5, 0.6) is 0 Å². The van der Waals surface area contributed by atoms with Crippen LogP contribution in [0, 0.1) is 6.92 Å².